The Labute approximate surface area is 118 Å². The number of hydrazine groups is 1. The Balaban J connectivity index is 1.49. The van der Waals surface area contributed by atoms with Crippen LogP contribution in [0.15, 0.2) is 12.3 Å². The van der Waals surface area contributed by atoms with Crippen LogP contribution in [-0.2, 0) is 0 Å². The fraction of sp³-hybridized carbons (Fsp3) is 0.600. The van der Waals surface area contributed by atoms with Gasteiger partial charge in [0.25, 0.3) is 5.91 Å². The molecule has 4 rings (SSSR count). The molecule has 3 aliphatic rings. The largest absolute Gasteiger partial charge is 0.349 e. The van der Waals surface area contributed by atoms with E-state index in [0.717, 1.165) is 29.4 Å². The van der Waals surface area contributed by atoms with Crippen LogP contribution in [0.25, 0.3) is 0 Å². The molecule has 4 N–H and O–H groups in total. The Kier molecular flexibility index (Phi) is 2.54. The molecule has 1 amide bonds. The number of nitrogens with two attached hydrogens (primary N) is 1. The van der Waals surface area contributed by atoms with Crippen molar-refractivity contribution in [2.75, 3.05) is 5.43 Å². The molecule has 0 aromatic carbocycles. The van der Waals surface area contributed by atoms with Gasteiger partial charge in [-0.25, -0.2) is 0 Å². The normalized spacial score (nSPS) is 36.6. The molecule has 0 spiro atoms. The van der Waals surface area contributed by atoms with Gasteiger partial charge in [-0.15, -0.1) is 0 Å². The Bertz CT molecular complexity index is 557. The zero-order chi connectivity index (χ0) is 13.9. The van der Waals surface area contributed by atoms with Gasteiger partial charge in [0.15, 0.2) is 0 Å². The van der Waals surface area contributed by atoms with E-state index in [9.17, 15) is 4.79 Å². The predicted molar refractivity (Wildman–Crippen MR) is 75.8 cm³/mol. The Morgan fingerprint density at radius 1 is 1.35 bits per heavy atom. The molecule has 3 fully saturated rings. The van der Waals surface area contributed by atoms with Crippen molar-refractivity contribution in [2.45, 2.75) is 32.2 Å². The van der Waals surface area contributed by atoms with Crippen LogP contribution in [0.2, 0.25) is 0 Å². The molecule has 1 aromatic heterocycles. The molecule has 0 aliphatic heterocycles. The topological polar surface area (TPSA) is 80.0 Å². The van der Waals surface area contributed by atoms with Crippen molar-refractivity contribution < 1.29 is 4.79 Å². The van der Waals surface area contributed by atoms with Crippen molar-refractivity contribution >= 4 is 11.6 Å². The number of hydrogen-bond acceptors (Lipinski definition) is 4. The van der Waals surface area contributed by atoms with E-state index in [4.69, 9.17) is 5.84 Å². The standard InChI is InChI=1S/C15H20N4O/c1-7-4-11(19-16)10(6-17-7)15(20)18-14-12-8-2-3-9(5-8)13(12)14/h4,6,8-9,12-14H,2-3,5,16H2,1H3,(H,17,19)(H,18,20). The molecule has 5 heteroatoms. The van der Waals surface area contributed by atoms with E-state index in [1.807, 2.05) is 6.92 Å². The molecule has 106 valence electrons. The quantitative estimate of drug-likeness (QED) is 0.575. The highest BCUT2D eigenvalue weighted by Crippen LogP contribution is 2.65. The summed E-state index contributed by atoms with van der Waals surface area (Å²) in [6.45, 7) is 1.88. The maximum atomic E-state index is 12.4. The highest BCUT2D eigenvalue weighted by Gasteiger charge is 2.65. The van der Waals surface area contributed by atoms with Gasteiger partial charge in [-0.3, -0.25) is 15.6 Å². The van der Waals surface area contributed by atoms with Crippen LogP contribution < -0.4 is 16.6 Å². The summed E-state index contributed by atoms with van der Waals surface area (Å²) in [5.41, 5.74) is 4.61. The maximum Gasteiger partial charge on any atom is 0.255 e. The number of anilines is 1. The van der Waals surface area contributed by atoms with Crippen molar-refractivity contribution in [1.82, 2.24) is 10.3 Å². The number of hydrogen-bond donors (Lipinski definition) is 3. The molecule has 3 saturated carbocycles. The average molecular weight is 272 g/mol. The number of amides is 1. The lowest BCUT2D eigenvalue weighted by Gasteiger charge is -2.13. The third-order valence-electron chi connectivity index (χ3n) is 5.47. The number of aromatic nitrogens is 1. The third-order valence-corrected chi connectivity index (χ3v) is 5.47. The predicted octanol–water partition coefficient (Wildman–Crippen LogP) is 1.45. The first-order valence-electron chi connectivity index (χ1n) is 7.43. The van der Waals surface area contributed by atoms with Gasteiger partial charge in [-0.1, -0.05) is 0 Å². The van der Waals surface area contributed by atoms with E-state index in [1.54, 1.807) is 12.3 Å². The summed E-state index contributed by atoms with van der Waals surface area (Å²) in [6, 6.07) is 2.19. The fourth-order valence-electron chi connectivity index (χ4n) is 4.61. The van der Waals surface area contributed by atoms with E-state index in [0.29, 0.717) is 17.3 Å². The van der Waals surface area contributed by atoms with Crippen LogP contribution in [0.5, 0.6) is 0 Å². The molecule has 4 atom stereocenters. The van der Waals surface area contributed by atoms with Crippen molar-refractivity contribution in [3.05, 3.63) is 23.5 Å². The maximum absolute atomic E-state index is 12.4. The van der Waals surface area contributed by atoms with Gasteiger partial charge < -0.3 is 10.7 Å². The second-order valence-electron chi connectivity index (χ2n) is 6.50. The number of aryl methyl sites for hydroxylation is 1. The lowest BCUT2D eigenvalue weighted by Crippen LogP contribution is -2.31. The van der Waals surface area contributed by atoms with Gasteiger partial charge in [0, 0.05) is 17.9 Å². The minimum Gasteiger partial charge on any atom is -0.349 e. The summed E-state index contributed by atoms with van der Waals surface area (Å²) in [5, 5.41) is 3.19. The van der Waals surface area contributed by atoms with Crippen LogP contribution >= 0.6 is 0 Å². The van der Waals surface area contributed by atoms with Crippen LogP contribution in [0.3, 0.4) is 0 Å². The number of nitrogens with zero attached hydrogens (tertiary/aromatic N) is 1. The molecule has 1 aromatic rings. The van der Waals surface area contributed by atoms with E-state index < -0.39 is 0 Å². The first-order valence-corrected chi connectivity index (χ1v) is 7.43. The lowest BCUT2D eigenvalue weighted by atomic mass is 10.0. The second kappa shape index (κ2) is 4.19. The summed E-state index contributed by atoms with van der Waals surface area (Å²) in [7, 11) is 0. The van der Waals surface area contributed by atoms with Gasteiger partial charge in [0.05, 0.1) is 11.3 Å². The highest BCUT2D eigenvalue weighted by molar-refractivity contribution is 5.99. The first-order chi connectivity index (χ1) is 9.69. The minimum absolute atomic E-state index is 0.0516. The number of pyridine rings is 1. The van der Waals surface area contributed by atoms with Crippen molar-refractivity contribution in [1.29, 1.82) is 0 Å². The molecule has 2 bridgehead atoms. The molecule has 4 unspecified atom stereocenters. The monoisotopic (exact) mass is 272 g/mol. The molecular formula is C15H20N4O. The number of fused-ring (bicyclic) bond motifs is 5. The third kappa shape index (κ3) is 1.66. The molecule has 1 heterocycles. The zero-order valence-corrected chi connectivity index (χ0v) is 11.6. The summed E-state index contributed by atoms with van der Waals surface area (Å²) < 4.78 is 0. The van der Waals surface area contributed by atoms with Gasteiger partial charge in [-0.2, -0.15) is 0 Å². The number of nitrogen functional groups attached to an aromatic ring is 1. The van der Waals surface area contributed by atoms with Crippen LogP contribution in [-0.4, -0.2) is 16.9 Å². The van der Waals surface area contributed by atoms with Crippen molar-refractivity contribution in [2.24, 2.45) is 29.5 Å². The van der Waals surface area contributed by atoms with E-state index in [1.165, 1.54) is 19.3 Å². The smallest absolute Gasteiger partial charge is 0.255 e. The Morgan fingerprint density at radius 3 is 2.70 bits per heavy atom. The van der Waals surface area contributed by atoms with Crippen LogP contribution in [0.1, 0.15) is 35.3 Å². The molecule has 3 aliphatic carbocycles. The number of nitrogens with one attached hydrogen (secondary N) is 2. The molecule has 5 nitrogen and oxygen atoms in total. The SMILES string of the molecule is Cc1cc(NN)c(C(=O)NC2C3C4CCC(C4)C23)cn1. The van der Waals surface area contributed by atoms with E-state index >= 15 is 0 Å². The van der Waals surface area contributed by atoms with Gasteiger partial charge in [0.2, 0.25) is 0 Å². The fourth-order valence-corrected chi connectivity index (χ4v) is 4.61. The molecule has 0 saturated heterocycles. The molecular weight excluding hydrogens is 252 g/mol. The van der Waals surface area contributed by atoms with Gasteiger partial charge in [0.1, 0.15) is 0 Å². The highest BCUT2D eigenvalue weighted by atomic mass is 16.1. The first kappa shape index (κ1) is 12.1. The Morgan fingerprint density at radius 2 is 2.05 bits per heavy atom. The summed E-state index contributed by atoms with van der Waals surface area (Å²) in [5.74, 6) is 8.64. The van der Waals surface area contributed by atoms with Crippen molar-refractivity contribution in [3.63, 3.8) is 0 Å². The average Bonchev–Trinajstić information content (AvgIpc) is 2.84. The minimum atomic E-state index is -0.0516. The molecule has 20 heavy (non-hydrogen) atoms. The Hall–Kier alpha value is -1.62. The summed E-state index contributed by atoms with van der Waals surface area (Å²) in [6.07, 6.45) is 5.72. The van der Waals surface area contributed by atoms with Gasteiger partial charge in [-0.05, 0) is 55.9 Å². The van der Waals surface area contributed by atoms with Crippen LogP contribution in [0, 0.1) is 30.6 Å². The van der Waals surface area contributed by atoms with Crippen LogP contribution in [0.4, 0.5) is 5.69 Å². The van der Waals surface area contributed by atoms with Crippen molar-refractivity contribution in [3.8, 4) is 0 Å². The summed E-state index contributed by atoms with van der Waals surface area (Å²) >= 11 is 0. The number of rotatable bonds is 3. The molecule has 0 radical (unpaired) electrons. The second-order valence-corrected chi connectivity index (χ2v) is 6.50. The summed E-state index contributed by atoms with van der Waals surface area (Å²) in [4.78, 5) is 16.6. The van der Waals surface area contributed by atoms with Gasteiger partial charge >= 0.3 is 0 Å². The van der Waals surface area contributed by atoms with E-state index in [-0.39, 0.29) is 5.91 Å². The number of carbonyl (C=O) groups is 1. The number of carbonyl (C=O) groups excluding carboxylic acids is 1. The zero-order valence-electron chi connectivity index (χ0n) is 11.6. The lowest BCUT2D eigenvalue weighted by molar-refractivity contribution is 0.0944. The van der Waals surface area contributed by atoms with E-state index in [2.05, 4.69) is 15.7 Å².